The third-order valence-corrected chi connectivity index (χ3v) is 0.445. The molecule has 0 amide bonds. The van der Waals surface area contributed by atoms with Crippen LogP contribution in [0.4, 0.5) is 0 Å². The molecule has 5 heteroatoms. The smallest absolute Gasteiger partial charge is 0.547 e. The van der Waals surface area contributed by atoms with Gasteiger partial charge < -0.3 is 20.1 Å². The van der Waals surface area contributed by atoms with E-state index in [-0.39, 0.29) is 19.5 Å². The summed E-state index contributed by atoms with van der Waals surface area (Å²) in [4.78, 5) is 9.41. The fourth-order valence-corrected chi connectivity index (χ4v) is 0.0745. The zero-order chi connectivity index (χ0) is 5.86. The predicted octanol–water partition coefficient (Wildman–Crippen LogP) is -2.91. The number of carbonyl (C=O) groups is 1. The standard InChI is InChI=1S/C3H6O4.Zn/c4-1-2(5)3(6)7;/h2,4-5H,1H2,(H,6,7);/q;+1/p-1. The van der Waals surface area contributed by atoms with Crippen molar-refractivity contribution in [3.05, 3.63) is 0 Å². The van der Waals surface area contributed by atoms with Gasteiger partial charge >= 0.3 is 19.5 Å². The fourth-order valence-electron chi connectivity index (χ4n) is 0.0745. The Hall–Kier alpha value is 0.0134. The summed E-state index contributed by atoms with van der Waals surface area (Å²) >= 11 is 0. The van der Waals surface area contributed by atoms with Crippen LogP contribution in [0.3, 0.4) is 0 Å². The average Bonchev–Trinajstić information content (AvgIpc) is 1.65. The first-order valence-corrected chi connectivity index (χ1v) is 1.68. The van der Waals surface area contributed by atoms with Crippen LogP contribution in [-0.4, -0.2) is 28.9 Å². The van der Waals surface area contributed by atoms with E-state index >= 15 is 0 Å². The number of carbonyl (C=O) groups excluding carboxylic acids is 1. The van der Waals surface area contributed by atoms with Crippen molar-refractivity contribution in [1.29, 1.82) is 0 Å². The van der Waals surface area contributed by atoms with Crippen LogP contribution < -0.4 is 5.11 Å². The van der Waals surface area contributed by atoms with Gasteiger partial charge in [-0.3, -0.25) is 0 Å². The largest absolute Gasteiger partial charge is 1.00 e. The summed E-state index contributed by atoms with van der Waals surface area (Å²) in [5.74, 6) is -1.65. The zero-order valence-corrected chi connectivity index (χ0v) is 7.17. The molecule has 0 aliphatic rings. The molecule has 0 bridgehead atoms. The molecule has 8 heavy (non-hydrogen) atoms. The predicted molar refractivity (Wildman–Crippen MR) is 18.1 cm³/mol. The second-order valence-electron chi connectivity index (χ2n) is 1.02. The minimum absolute atomic E-state index is 0. The molecule has 0 saturated heterocycles. The number of carboxylic acid groups (broad SMARTS) is 1. The molecule has 0 spiro atoms. The van der Waals surface area contributed by atoms with Crippen molar-refractivity contribution in [1.82, 2.24) is 0 Å². The van der Waals surface area contributed by atoms with Crippen molar-refractivity contribution in [2.45, 2.75) is 6.10 Å². The number of aliphatic carboxylic acids is 1. The van der Waals surface area contributed by atoms with Crippen LogP contribution >= 0.6 is 0 Å². The second kappa shape index (κ2) is 5.16. The van der Waals surface area contributed by atoms with Gasteiger partial charge in [0.05, 0.1) is 12.6 Å². The van der Waals surface area contributed by atoms with Gasteiger partial charge in [0, 0.05) is 0 Å². The molecule has 0 rings (SSSR count). The Labute approximate surface area is 58.9 Å². The van der Waals surface area contributed by atoms with E-state index in [0.717, 1.165) is 0 Å². The van der Waals surface area contributed by atoms with Gasteiger partial charge in [-0.05, 0) is 0 Å². The number of carboxylic acids is 1. The Morgan fingerprint density at radius 3 is 2.12 bits per heavy atom. The van der Waals surface area contributed by atoms with Crippen LogP contribution in [-0.2, 0) is 24.3 Å². The van der Waals surface area contributed by atoms with Crippen LogP contribution in [0.25, 0.3) is 0 Å². The maximum Gasteiger partial charge on any atom is 1.00 e. The Morgan fingerprint density at radius 2 is 2.12 bits per heavy atom. The third kappa shape index (κ3) is 4.18. The monoisotopic (exact) mass is 169 g/mol. The van der Waals surface area contributed by atoms with Crippen LogP contribution in [0.2, 0.25) is 0 Å². The normalized spacial score (nSPS) is 11.8. The Balaban J connectivity index is 0. The van der Waals surface area contributed by atoms with Gasteiger partial charge in [0.25, 0.3) is 0 Å². The summed E-state index contributed by atoms with van der Waals surface area (Å²) in [5.41, 5.74) is 0. The molecule has 0 aliphatic carbocycles. The number of aliphatic hydroxyl groups is 2. The van der Waals surface area contributed by atoms with Crippen molar-refractivity contribution in [3.63, 3.8) is 0 Å². The molecule has 0 aromatic heterocycles. The van der Waals surface area contributed by atoms with Crippen molar-refractivity contribution in [3.8, 4) is 0 Å². The first kappa shape index (κ1) is 10.9. The van der Waals surface area contributed by atoms with Gasteiger partial charge in [0.1, 0.15) is 6.10 Å². The third-order valence-electron chi connectivity index (χ3n) is 0.445. The van der Waals surface area contributed by atoms with Crippen molar-refractivity contribution < 1.29 is 39.6 Å². The van der Waals surface area contributed by atoms with Crippen molar-refractivity contribution in [2.75, 3.05) is 6.61 Å². The van der Waals surface area contributed by atoms with E-state index in [1.54, 1.807) is 0 Å². The summed E-state index contributed by atoms with van der Waals surface area (Å²) in [6.45, 7) is -0.789. The van der Waals surface area contributed by atoms with E-state index in [4.69, 9.17) is 10.2 Å². The Bertz CT molecular complexity index is 73.7. The first-order chi connectivity index (χ1) is 3.18. The quantitative estimate of drug-likeness (QED) is 0.435. The second-order valence-corrected chi connectivity index (χ2v) is 1.02. The van der Waals surface area contributed by atoms with E-state index in [1.165, 1.54) is 0 Å². The molecule has 0 heterocycles. The van der Waals surface area contributed by atoms with Gasteiger partial charge in [0.2, 0.25) is 0 Å². The molecular weight excluding hydrogens is 165 g/mol. The van der Waals surface area contributed by atoms with Gasteiger partial charge in [0.15, 0.2) is 0 Å². The minimum Gasteiger partial charge on any atom is -0.547 e. The molecule has 1 radical (unpaired) electrons. The molecule has 4 nitrogen and oxygen atoms in total. The van der Waals surface area contributed by atoms with Crippen molar-refractivity contribution in [2.24, 2.45) is 0 Å². The van der Waals surface area contributed by atoms with Crippen LogP contribution in [0.1, 0.15) is 0 Å². The average molecular weight is 170 g/mol. The molecule has 0 aromatic carbocycles. The zero-order valence-electron chi connectivity index (χ0n) is 4.20. The topological polar surface area (TPSA) is 80.6 Å². The van der Waals surface area contributed by atoms with Gasteiger partial charge in [-0.15, -0.1) is 0 Å². The number of aliphatic hydroxyl groups excluding tert-OH is 2. The van der Waals surface area contributed by atoms with E-state index < -0.39 is 18.7 Å². The van der Waals surface area contributed by atoms with Gasteiger partial charge in [-0.2, -0.15) is 0 Å². The van der Waals surface area contributed by atoms with E-state index in [9.17, 15) is 9.90 Å². The molecule has 1 atom stereocenters. The number of rotatable bonds is 2. The van der Waals surface area contributed by atoms with Crippen LogP contribution in [0.5, 0.6) is 0 Å². The van der Waals surface area contributed by atoms with Crippen LogP contribution in [0.15, 0.2) is 0 Å². The summed E-state index contributed by atoms with van der Waals surface area (Å²) in [7, 11) is 0. The molecule has 0 fully saturated rings. The van der Waals surface area contributed by atoms with Crippen molar-refractivity contribution >= 4 is 5.97 Å². The van der Waals surface area contributed by atoms with Gasteiger partial charge in [-0.25, -0.2) is 0 Å². The number of hydrogen-bond acceptors (Lipinski definition) is 4. The Morgan fingerprint density at radius 1 is 1.75 bits per heavy atom. The molecule has 43 valence electrons. The summed E-state index contributed by atoms with van der Waals surface area (Å²) in [6, 6.07) is 0. The number of hydrogen-bond donors (Lipinski definition) is 2. The maximum atomic E-state index is 9.41. The minimum atomic E-state index is -1.74. The first-order valence-electron chi connectivity index (χ1n) is 1.68. The van der Waals surface area contributed by atoms with E-state index in [0.29, 0.717) is 0 Å². The SMILES string of the molecule is O=C([O-])C(O)CO.[Zn+]. The summed E-state index contributed by atoms with van der Waals surface area (Å²) < 4.78 is 0. The molecular formula is C3H5O4Zn. The summed E-state index contributed by atoms with van der Waals surface area (Å²) in [6.07, 6.45) is -1.74. The molecule has 0 saturated carbocycles. The van der Waals surface area contributed by atoms with Gasteiger partial charge in [-0.1, -0.05) is 0 Å². The molecule has 0 aromatic rings. The molecule has 2 N–H and O–H groups in total. The van der Waals surface area contributed by atoms with Crippen LogP contribution in [0, 0.1) is 0 Å². The Kier molecular flexibility index (Phi) is 7.03. The molecule has 1 unspecified atom stereocenters. The summed E-state index contributed by atoms with van der Waals surface area (Å²) in [5, 5.41) is 25.3. The molecule has 0 aliphatic heterocycles. The maximum absolute atomic E-state index is 9.41. The van der Waals surface area contributed by atoms with E-state index in [2.05, 4.69) is 0 Å². The fraction of sp³-hybridized carbons (Fsp3) is 0.667. The van der Waals surface area contributed by atoms with E-state index in [1.807, 2.05) is 0 Å².